The maximum Gasteiger partial charge on any atom is 0.233 e. The van der Waals surface area contributed by atoms with Crippen molar-refractivity contribution in [2.45, 2.75) is 29.9 Å². The minimum atomic E-state index is -0.142. The molecule has 1 saturated carbocycles. The molecule has 1 fully saturated rings. The van der Waals surface area contributed by atoms with Crippen molar-refractivity contribution in [1.29, 1.82) is 0 Å². The number of amides is 2. The number of carbonyl (C=O) groups is 2. The molecule has 0 heterocycles. The first-order chi connectivity index (χ1) is 9.66. The van der Waals surface area contributed by atoms with Gasteiger partial charge in [-0.15, -0.1) is 11.8 Å². The Bertz CT molecular complexity index is 460. The van der Waals surface area contributed by atoms with E-state index in [1.165, 1.54) is 11.8 Å². The maximum absolute atomic E-state index is 11.9. The zero-order valence-corrected chi connectivity index (χ0v) is 12.4. The summed E-state index contributed by atoms with van der Waals surface area (Å²) in [7, 11) is 0. The number of carbonyl (C=O) groups excluding carboxylic acids is 2. The molecule has 1 aliphatic rings. The standard InChI is InChI=1S/C15H20N2O2S/c1-11(20-13-5-3-2-4-6-13)14(18)16-9-10-17-15(19)12-7-8-12/h2-6,11-12H,7-10H2,1H3,(H,16,18)(H,17,19). The van der Waals surface area contributed by atoms with Gasteiger partial charge in [-0.3, -0.25) is 9.59 Å². The lowest BCUT2D eigenvalue weighted by Gasteiger charge is -2.12. The fourth-order valence-electron chi connectivity index (χ4n) is 1.76. The summed E-state index contributed by atoms with van der Waals surface area (Å²) in [4.78, 5) is 24.4. The highest BCUT2D eigenvalue weighted by Gasteiger charge is 2.29. The summed E-state index contributed by atoms with van der Waals surface area (Å²) >= 11 is 1.53. The number of thioether (sulfide) groups is 1. The van der Waals surface area contributed by atoms with Crippen LogP contribution in [0.4, 0.5) is 0 Å². The van der Waals surface area contributed by atoms with Crippen molar-refractivity contribution in [2.24, 2.45) is 5.92 Å². The molecule has 108 valence electrons. The summed E-state index contributed by atoms with van der Waals surface area (Å²) < 4.78 is 0. The second-order valence-corrected chi connectivity index (χ2v) is 6.34. The van der Waals surface area contributed by atoms with Gasteiger partial charge in [0.25, 0.3) is 0 Å². The van der Waals surface area contributed by atoms with Crippen molar-refractivity contribution in [3.8, 4) is 0 Å². The first-order valence-corrected chi connectivity index (χ1v) is 7.82. The fraction of sp³-hybridized carbons (Fsp3) is 0.467. The molecule has 1 aromatic carbocycles. The lowest BCUT2D eigenvalue weighted by molar-refractivity contribution is -0.123. The van der Waals surface area contributed by atoms with Gasteiger partial charge >= 0.3 is 0 Å². The fourth-order valence-corrected chi connectivity index (χ4v) is 2.67. The lowest BCUT2D eigenvalue weighted by atomic mass is 10.4. The van der Waals surface area contributed by atoms with E-state index in [1.807, 2.05) is 37.3 Å². The van der Waals surface area contributed by atoms with Gasteiger partial charge in [-0.1, -0.05) is 18.2 Å². The van der Waals surface area contributed by atoms with E-state index < -0.39 is 0 Å². The van der Waals surface area contributed by atoms with Crippen LogP contribution < -0.4 is 10.6 Å². The van der Waals surface area contributed by atoms with Crippen LogP contribution in [0.3, 0.4) is 0 Å². The van der Waals surface area contributed by atoms with Gasteiger partial charge < -0.3 is 10.6 Å². The zero-order valence-electron chi connectivity index (χ0n) is 11.6. The highest BCUT2D eigenvalue weighted by atomic mass is 32.2. The molecule has 1 atom stereocenters. The molecule has 0 saturated heterocycles. The molecule has 1 unspecified atom stereocenters. The van der Waals surface area contributed by atoms with Crippen LogP contribution in [0.1, 0.15) is 19.8 Å². The Morgan fingerprint density at radius 2 is 1.85 bits per heavy atom. The molecular formula is C15H20N2O2S. The molecule has 2 N–H and O–H groups in total. The minimum Gasteiger partial charge on any atom is -0.354 e. The van der Waals surface area contributed by atoms with E-state index in [1.54, 1.807) is 0 Å². The van der Waals surface area contributed by atoms with E-state index >= 15 is 0 Å². The third-order valence-corrected chi connectivity index (χ3v) is 4.21. The number of hydrogen-bond acceptors (Lipinski definition) is 3. The van der Waals surface area contributed by atoms with Gasteiger partial charge in [-0.05, 0) is 31.9 Å². The predicted molar refractivity (Wildman–Crippen MR) is 80.5 cm³/mol. The summed E-state index contributed by atoms with van der Waals surface area (Å²) in [6.45, 7) is 2.87. The Balaban J connectivity index is 1.62. The van der Waals surface area contributed by atoms with Crippen LogP contribution in [0, 0.1) is 5.92 Å². The molecule has 0 aliphatic heterocycles. The Morgan fingerprint density at radius 1 is 1.20 bits per heavy atom. The van der Waals surface area contributed by atoms with E-state index in [2.05, 4.69) is 10.6 Å². The summed E-state index contributed by atoms with van der Waals surface area (Å²) in [5, 5.41) is 5.53. The van der Waals surface area contributed by atoms with E-state index in [9.17, 15) is 9.59 Å². The molecule has 2 rings (SSSR count). The molecule has 1 aromatic rings. The van der Waals surface area contributed by atoms with Crippen LogP contribution in [-0.4, -0.2) is 30.2 Å². The Labute approximate surface area is 123 Å². The molecule has 2 amide bonds. The molecule has 0 spiro atoms. The Hall–Kier alpha value is -1.49. The largest absolute Gasteiger partial charge is 0.354 e. The monoisotopic (exact) mass is 292 g/mol. The highest BCUT2D eigenvalue weighted by molar-refractivity contribution is 8.00. The van der Waals surface area contributed by atoms with Crippen molar-refractivity contribution in [3.63, 3.8) is 0 Å². The van der Waals surface area contributed by atoms with Gasteiger partial charge in [-0.25, -0.2) is 0 Å². The van der Waals surface area contributed by atoms with E-state index in [0.717, 1.165) is 17.7 Å². The Morgan fingerprint density at radius 3 is 2.50 bits per heavy atom. The van der Waals surface area contributed by atoms with Crippen molar-refractivity contribution in [2.75, 3.05) is 13.1 Å². The molecule has 0 bridgehead atoms. The van der Waals surface area contributed by atoms with Gasteiger partial charge in [0, 0.05) is 23.9 Å². The molecule has 0 radical (unpaired) electrons. The van der Waals surface area contributed by atoms with E-state index in [-0.39, 0.29) is 23.0 Å². The smallest absolute Gasteiger partial charge is 0.233 e. The highest BCUT2D eigenvalue weighted by Crippen LogP contribution is 2.28. The molecule has 1 aliphatic carbocycles. The SMILES string of the molecule is CC(Sc1ccccc1)C(=O)NCCNC(=O)C1CC1. The molecule has 5 heteroatoms. The second kappa shape index (κ2) is 7.33. The van der Waals surface area contributed by atoms with Gasteiger partial charge in [0.05, 0.1) is 5.25 Å². The van der Waals surface area contributed by atoms with Crippen LogP contribution >= 0.6 is 11.8 Å². The third-order valence-electron chi connectivity index (χ3n) is 3.10. The molecule has 4 nitrogen and oxygen atoms in total. The van der Waals surface area contributed by atoms with Gasteiger partial charge in [0.2, 0.25) is 11.8 Å². The molecular weight excluding hydrogens is 272 g/mol. The molecule has 20 heavy (non-hydrogen) atoms. The average Bonchev–Trinajstić information content (AvgIpc) is 3.28. The first-order valence-electron chi connectivity index (χ1n) is 6.94. The zero-order chi connectivity index (χ0) is 14.4. The second-order valence-electron chi connectivity index (χ2n) is 4.93. The van der Waals surface area contributed by atoms with Crippen LogP contribution in [0.15, 0.2) is 35.2 Å². The van der Waals surface area contributed by atoms with E-state index in [4.69, 9.17) is 0 Å². The Kier molecular flexibility index (Phi) is 5.47. The lowest BCUT2D eigenvalue weighted by Crippen LogP contribution is -2.38. The van der Waals surface area contributed by atoms with Gasteiger partial charge in [0.15, 0.2) is 0 Å². The number of nitrogens with one attached hydrogen (secondary N) is 2. The number of benzene rings is 1. The van der Waals surface area contributed by atoms with Crippen molar-refractivity contribution >= 4 is 23.6 Å². The summed E-state index contributed by atoms with van der Waals surface area (Å²) in [5.41, 5.74) is 0. The van der Waals surface area contributed by atoms with E-state index in [0.29, 0.717) is 13.1 Å². The van der Waals surface area contributed by atoms with Crippen LogP contribution in [0.2, 0.25) is 0 Å². The quantitative estimate of drug-likeness (QED) is 0.595. The van der Waals surface area contributed by atoms with Crippen molar-refractivity contribution in [1.82, 2.24) is 10.6 Å². The topological polar surface area (TPSA) is 58.2 Å². The number of hydrogen-bond donors (Lipinski definition) is 2. The van der Waals surface area contributed by atoms with Crippen LogP contribution in [0.5, 0.6) is 0 Å². The minimum absolute atomic E-state index is 0.000441. The van der Waals surface area contributed by atoms with Gasteiger partial charge in [-0.2, -0.15) is 0 Å². The molecule has 0 aromatic heterocycles. The number of rotatable bonds is 7. The predicted octanol–water partition coefficient (Wildman–Crippen LogP) is 1.81. The van der Waals surface area contributed by atoms with Crippen molar-refractivity contribution < 1.29 is 9.59 Å². The first kappa shape index (κ1) is 14.9. The van der Waals surface area contributed by atoms with Crippen LogP contribution in [-0.2, 0) is 9.59 Å². The van der Waals surface area contributed by atoms with Crippen molar-refractivity contribution in [3.05, 3.63) is 30.3 Å². The average molecular weight is 292 g/mol. The normalized spacial score (nSPS) is 15.4. The third kappa shape index (κ3) is 4.89. The van der Waals surface area contributed by atoms with Gasteiger partial charge in [0.1, 0.15) is 0 Å². The summed E-state index contributed by atoms with van der Waals surface area (Å²) in [6.07, 6.45) is 2.01. The maximum atomic E-state index is 11.9. The van der Waals surface area contributed by atoms with Crippen LogP contribution in [0.25, 0.3) is 0 Å². The summed E-state index contributed by atoms with van der Waals surface area (Å²) in [6, 6.07) is 9.85. The summed E-state index contributed by atoms with van der Waals surface area (Å²) in [5.74, 6) is 0.337.